The fraction of sp³-hybridized carbons (Fsp3) is 0.182. The van der Waals surface area contributed by atoms with Gasteiger partial charge < -0.3 is 5.32 Å². The lowest BCUT2D eigenvalue weighted by molar-refractivity contribution is -0.384. The number of hydrogen-bond donors (Lipinski definition) is 1. The van der Waals surface area contributed by atoms with Crippen molar-refractivity contribution in [2.24, 2.45) is 0 Å². The number of nitro benzene ring substituents is 1. The smallest absolute Gasteiger partial charge is 0.288 e. The summed E-state index contributed by atoms with van der Waals surface area (Å²) in [7, 11) is 0. The molecule has 5 nitrogen and oxygen atoms in total. The Morgan fingerprint density at radius 2 is 2.29 bits per heavy atom. The van der Waals surface area contributed by atoms with Crippen molar-refractivity contribution in [3.05, 3.63) is 38.9 Å². The van der Waals surface area contributed by atoms with Gasteiger partial charge in [-0.15, -0.1) is 6.42 Å². The van der Waals surface area contributed by atoms with E-state index in [4.69, 9.17) is 18.0 Å². The monoisotopic (exact) mass is 252 g/mol. The lowest BCUT2D eigenvalue weighted by atomic mass is 10.1. The summed E-state index contributed by atoms with van der Waals surface area (Å²) in [5.41, 5.74) is -0.282. The Hall–Kier alpha value is -2.06. The van der Waals surface area contributed by atoms with Crippen LogP contribution in [0.25, 0.3) is 0 Å². The van der Waals surface area contributed by atoms with Crippen molar-refractivity contribution in [1.29, 1.82) is 0 Å². The largest absolute Gasteiger partial charge is 0.339 e. The van der Waals surface area contributed by atoms with Crippen molar-refractivity contribution in [1.82, 2.24) is 5.32 Å². The fourth-order valence-electron chi connectivity index (χ4n) is 1.15. The first-order valence-corrected chi connectivity index (χ1v) is 5.05. The molecule has 0 aromatic heterocycles. The zero-order chi connectivity index (χ0) is 13.0. The summed E-state index contributed by atoms with van der Waals surface area (Å²) in [5.74, 6) is 1.78. The third-order valence-electron chi connectivity index (χ3n) is 2.02. The Bertz CT molecular complexity index is 508. The van der Waals surface area contributed by atoms with Gasteiger partial charge in [0, 0.05) is 6.07 Å². The van der Waals surface area contributed by atoms with E-state index >= 15 is 0 Å². The molecule has 1 aromatic carbocycles. The Labute approximate surface area is 103 Å². The molecule has 1 N–H and O–H groups in total. The van der Waals surface area contributed by atoms with Crippen molar-refractivity contribution < 1.29 is 9.72 Å². The predicted molar refractivity (Wildman–Crippen MR) is 63.9 cm³/mol. The van der Waals surface area contributed by atoms with Crippen molar-refractivity contribution in [3.63, 3.8) is 0 Å². The van der Waals surface area contributed by atoms with Crippen molar-refractivity contribution in [2.45, 2.75) is 13.0 Å². The van der Waals surface area contributed by atoms with E-state index in [-0.39, 0.29) is 16.3 Å². The van der Waals surface area contributed by atoms with Gasteiger partial charge in [0.05, 0.1) is 16.5 Å². The highest BCUT2D eigenvalue weighted by molar-refractivity contribution is 6.35. The molecule has 0 heterocycles. The molecule has 88 valence electrons. The molecule has 0 fully saturated rings. The molecule has 1 aromatic rings. The molecular weight excluding hydrogens is 244 g/mol. The second-order valence-corrected chi connectivity index (χ2v) is 3.64. The van der Waals surface area contributed by atoms with Crippen molar-refractivity contribution in [3.8, 4) is 12.3 Å². The van der Waals surface area contributed by atoms with E-state index < -0.39 is 16.9 Å². The van der Waals surface area contributed by atoms with Gasteiger partial charge in [0.25, 0.3) is 11.6 Å². The Kier molecular flexibility index (Phi) is 4.07. The average molecular weight is 253 g/mol. The van der Waals surface area contributed by atoms with Crippen LogP contribution in [0.15, 0.2) is 18.2 Å². The number of halogens is 1. The topological polar surface area (TPSA) is 72.2 Å². The van der Waals surface area contributed by atoms with Crippen LogP contribution in [0.4, 0.5) is 5.69 Å². The van der Waals surface area contributed by atoms with E-state index in [1.807, 2.05) is 0 Å². The first kappa shape index (κ1) is 13.0. The molecule has 0 saturated heterocycles. The second kappa shape index (κ2) is 5.32. The molecule has 1 amide bonds. The number of terminal acetylenes is 1. The average Bonchev–Trinajstić information content (AvgIpc) is 2.28. The van der Waals surface area contributed by atoms with E-state index in [1.165, 1.54) is 18.2 Å². The van der Waals surface area contributed by atoms with E-state index in [2.05, 4.69) is 11.2 Å². The number of amides is 1. The van der Waals surface area contributed by atoms with E-state index in [9.17, 15) is 14.9 Å². The van der Waals surface area contributed by atoms with E-state index in [1.54, 1.807) is 6.92 Å². The van der Waals surface area contributed by atoms with Gasteiger partial charge in [-0.3, -0.25) is 14.9 Å². The second-order valence-electron chi connectivity index (χ2n) is 3.26. The van der Waals surface area contributed by atoms with Gasteiger partial charge in [0.2, 0.25) is 0 Å². The first-order valence-electron chi connectivity index (χ1n) is 4.67. The summed E-state index contributed by atoms with van der Waals surface area (Å²) in [6, 6.07) is 3.54. The van der Waals surface area contributed by atoms with E-state index in [0.29, 0.717) is 0 Å². The van der Waals surface area contributed by atoms with Gasteiger partial charge in [0.15, 0.2) is 0 Å². The SMILES string of the molecule is C#CC(C)NC(=O)c1cccc([N+](=O)[O-])c1Cl. The van der Waals surface area contributed by atoms with Crippen molar-refractivity contribution in [2.75, 3.05) is 0 Å². The van der Waals surface area contributed by atoms with Gasteiger partial charge in [0.1, 0.15) is 5.02 Å². The highest BCUT2D eigenvalue weighted by Crippen LogP contribution is 2.27. The van der Waals surface area contributed by atoms with Crippen molar-refractivity contribution >= 4 is 23.2 Å². The minimum atomic E-state index is -0.649. The number of hydrogen-bond acceptors (Lipinski definition) is 3. The molecule has 1 rings (SSSR count). The molecule has 0 bridgehead atoms. The van der Waals surface area contributed by atoms with Gasteiger partial charge in [-0.05, 0) is 13.0 Å². The fourth-order valence-corrected chi connectivity index (χ4v) is 1.43. The molecule has 17 heavy (non-hydrogen) atoms. The standard InChI is InChI=1S/C11H9ClN2O3/c1-3-7(2)13-11(15)8-5-4-6-9(10(8)12)14(16)17/h1,4-7H,2H3,(H,13,15). The maximum atomic E-state index is 11.7. The minimum absolute atomic E-state index is 0.0305. The maximum absolute atomic E-state index is 11.7. The zero-order valence-corrected chi connectivity index (χ0v) is 9.69. The minimum Gasteiger partial charge on any atom is -0.339 e. The van der Waals surface area contributed by atoms with Crippen LogP contribution in [0.1, 0.15) is 17.3 Å². The molecule has 0 radical (unpaired) electrons. The van der Waals surface area contributed by atoms with Crippen LogP contribution >= 0.6 is 11.6 Å². The highest BCUT2D eigenvalue weighted by Gasteiger charge is 2.20. The highest BCUT2D eigenvalue weighted by atomic mass is 35.5. The Morgan fingerprint density at radius 3 is 2.82 bits per heavy atom. The number of benzene rings is 1. The quantitative estimate of drug-likeness (QED) is 0.508. The summed E-state index contributed by atoms with van der Waals surface area (Å²) in [6.45, 7) is 1.61. The van der Waals surface area contributed by atoms with Crippen LogP contribution in [-0.4, -0.2) is 16.9 Å². The molecule has 1 unspecified atom stereocenters. The summed E-state index contributed by atoms with van der Waals surface area (Å²) < 4.78 is 0. The van der Waals surface area contributed by atoms with Gasteiger partial charge in [-0.2, -0.15) is 0 Å². The van der Waals surface area contributed by atoms with Gasteiger partial charge in [-0.25, -0.2) is 0 Å². The van der Waals surface area contributed by atoms with Crippen LogP contribution < -0.4 is 5.32 Å². The molecular formula is C11H9ClN2O3. The first-order chi connectivity index (χ1) is 7.97. The molecule has 0 aliphatic heterocycles. The molecule has 1 atom stereocenters. The predicted octanol–water partition coefficient (Wildman–Crippen LogP) is 2.00. The number of nitro groups is 1. The number of rotatable bonds is 3. The molecule has 0 saturated carbocycles. The van der Waals surface area contributed by atoms with Crippen LogP contribution in [0.2, 0.25) is 5.02 Å². The number of nitrogens with zero attached hydrogens (tertiary/aromatic N) is 1. The third kappa shape index (κ3) is 2.95. The third-order valence-corrected chi connectivity index (χ3v) is 2.41. The van der Waals surface area contributed by atoms with E-state index in [0.717, 1.165) is 0 Å². The van der Waals surface area contributed by atoms with Crippen LogP contribution in [0.5, 0.6) is 0 Å². The van der Waals surface area contributed by atoms with Gasteiger partial charge >= 0.3 is 0 Å². The van der Waals surface area contributed by atoms with Crippen LogP contribution in [-0.2, 0) is 0 Å². The number of carbonyl (C=O) groups excluding carboxylic acids is 1. The lowest BCUT2D eigenvalue weighted by Gasteiger charge is -2.08. The number of nitrogens with one attached hydrogen (secondary N) is 1. The molecule has 6 heteroatoms. The summed E-state index contributed by atoms with van der Waals surface area (Å²) >= 11 is 5.77. The molecule has 0 aliphatic rings. The summed E-state index contributed by atoms with van der Waals surface area (Å²) in [4.78, 5) is 21.7. The molecule has 0 spiro atoms. The van der Waals surface area contributed by atoms with Crippen LogP contribution in [0.3, 0.4) is 0 Å². The normalized spacial score (nSPS) is 11.4. The summed E-state index contributed by atoms with van der Waals surface area (Å²) in [5, 5.41) is 12.9. The lowest BCUT2D eigenvalue weighted by Crippen LogP contribution is -2.31. The molecule has 0 aliphatic carbocycles. The summed E-state index contributed by atoms with van der Waals surface area (Å²) in [6.07, 6.45) is 5.11. The zero-order valence-electron chi connectivity index (χ0n) is 8.94. The number of carbonyl (C=O) groups is 1. The van der Waals surface area contributed by atoms with Crippen LogP contribution in [0, 0.1) is 22.5 Å². The Balaban J connectivity index is 3.08. The maximum Gasteiger partial charge on any atom is 0.288 e. The van der Waals surface area contributed by atoms with Gasteiger partial charge in [-0.1, -0.05) is 23.6 Å². The Morgan fingerprint density at radius 1 is 1.65 bits per heavy atom.